The third kappa shape index (κ3) is 3.25. The Kier molecular flexibility index (Phi) is 3.70. The van der Waals surface area contributed by atoms with E-state index in [1.807, 2.05) is 0 Å². The van der Waals surface area contributed by atoms with E-state index in [0.717, 1.165) is 19.4 Å². The van der Waals surface area contributed by atoms with Crippen molar-refractivity contribution in [2.45, 2.75) is 38.0 Å². The third-order valence-electron chi connectivity index (χ3n) is 2.16. The van der Waals surface area contributed by atoms with Gasteiger partial charge < -0.3 is 4.74 Å². The zero-order valence-corrected chi connectivity index (χ0v) is 8.93. The Balaban J connectivity index is 2.33. The maximum Gasteiger partial charge on any atom is 0.214 e. The fourth-order valence-electron chi connectivity index (χ4n) is 1.18. The van der Waals surface area contributed by atoms with Crippen molar-refractivity contribution in [2.75, 3.05) is 13.2 Å². The molecule has 1 unspecified atom stereocenters. The van der Waals surface area contributed by atoms with Crippen molar-refractivity contribution in [3.63, 3.8) is 0 Å². The molecule has 1 fully saturated rings. The van der Waals surface area contributed by atoms with Gasteiger partial charge in [0.05, 0.1) is 11.4 Å². The predicted molar refractivity (Wildman–Crippen MR) is 51.0 cm³/mol. The van der Waals surface area contributed by atoms with Gasteiger partial charge in [0, 0.05) is 13.2 Å². The van der Waals surface area contributed by atoms with Crippen LogP contribution in [-0.2, 0) is 14.8 Å². The molecule has 4 nitrogen and oxygen atoms in total. The van der Waals surface area contributed by atoms with Crippen molar-refractivity contribution in [3.8, 4) is 0 Å². The van der Waals surface area contributed by atoms with Crippen LogP contribution in [0.15, 0.2) is 0 Å². The first-order chi connectivity index (χ1) is 6.02. The standard InChI is InChI=1S/C8H17NO3S/c1-7(2)13(10,11)9-6-8-4-3-5-12-8/h7-9H,3-6H2,1-2H3. The van der Waals surface area contributed by atoms with E-state index < -0.39 is 10.0 Å². The number of hydrogen-bond donors (Lipinski definition) is 1. The van der Waals surface area contributed by atoms with Gasteiger partial charge >= 0.3 is 0 Å². The van der Waals surface area contributed by atoms with Crippen LogP contribution in [0, 0.1) is 0 Å². The summed E-state index contributed by atoms with van der Waals surface area (Å²) in [6, 6.07) is 0. The summed E-state index contributed by atoms with van der Waals surface area (Å²) in [6.45, 7) is 4.50. The second kappa shape index (κ2) is 4.39. The quantitative estimate of drug-likeness (QED) is 0.730. The first-order valence-corrected chi connectivity index (χ1v) is 6.17. The highest BCUT2D eigenvalue weighted by Gasteiger charge is 2.20. The minimum absolute atomic E-state index is 0.0773. The lowest BCUT2D eigenvalue weighted by Crippen LogP contribution is -2.36. The Morgan fingerprint density at radius 2 is 2.23 bits per heavy atom. The molecule has 1 atom stereocenters. The summed E-state index contributed by atoms with van der Waals surface area (Å²) in [4.78, 5) is 0. The average molecular weight is 207 g/mol. The number of sulfonamides is 1. The minimum atomic E-state index is -3.12. The summed E-state index contributed by atoms with van der Waals surface area (Å²) in [5.41, 5.74) is 0. The lowest BCUT2D eigenvalue weighted by Gasteiger charge is -2.12. The lowest BCUT2D eigenvalue weighted by molar-refractivity contribution is 0.114. The van der Waals surface area contributed by atoms with Crippen molar-refractivity contribution in [2.24, 2.45) is 0 Å². The van der Waals surface area contributed by atoms with E-state index in [-0.39, 0.29) is 11.4 Å². The molecule has 1 heterocycles. The Morgan fingerprint density at radius 1 is 1.54 bits per heavy atom. The van der Waals surface area contributed by atoms with E-state index in [2.05, 4.69) is 4.72 Å². The molecule has 0 aromatic rings. The predicted octanol–water partition coefficient (Wildman–Crippen LogP) is 0.493. The van der Waals surface area contributed by atoms with Crippen LogP contribution in [0.2, 0.25) is 0 Å². The first-order valence-electron chi connectivity index (χ1n) is 4.62. The number of hydrogen-bond acceptors (Lipinski definition) is 3. The molecule has 0 aliphatic carbocycles. The molecular formula is C8H17NO3S. The van der Waals surface area contributed by atoms with E-state index in [1.54, 1.807) is 13.8 Å². The van der Waals surface area contributed by atoms with Gasteiger partial charge in [-0.05, 0) is 26.7 Å². The molecule has 0 amide bonds. The van der Waals surface area contributed by atoms with Gasteiger partial charge in [0.15, 0.2) is 0 Å². The van der Waals surface area contributed by atoms with Gasteiger partial charge in [-0.2, -0.15) is 0 Å². The Bertz CT molecular complexity index is 242. The highest BCUT2D eigenvalue weighted by Crippen LogP contribution is 2.11. The zero-order valence-electron chi connectivity index (χ0n) is 8.12. The SMILES string of the molecule is CC(C)S(=O)(=O)NCC1CCCO1. The molecule has 78 valence electrons. The van der Waals surface area contributed by atoms with E-state index in [4.69, 9.17) is 4.74 Å². The van der Waals surface area contributed by atoms with E-state index >= 15 is 0 Å². The van der Waals surface area contributed by atoms with Crippen LogP contribution in [-0.4, -0.2) is 32.9 Å². The van der Waals surface area contributed by atoms with Crippen molar-refractivity contribution in [3.05, 3.63) is 0 Å². The number of rotatable bonds is 4. The topological polar surface area (TPSA) is 55.4 Å². The molecular weight excluding hydrogens is 190 g/mol. The van der Waals surface area contributed by atoms with Gasteiger partial charge in [0.1, 0.15) is 0 Å². The van der Waals surface area contributed by atoms with Crippen molar-refractivity contribution in [1.82, 2.24) is 4.72 Å². The average Bonchev–Trinajstić information content (AvgIpc) is 2.52. The Labute approximate surface area is 79.7 Å². The van der Waals surface area contributed by atoms with Gasteiger partial charge in [-0.3, -0.25) is 0 Å². The molecule has 0 spiro atoms. The van der Waals surface area contributed by atoms with Crippen LogP contribution in [0.25, 0.3) is 0 Å². The molecule has 0 saturated carbocycles. The monoisotopic (exact) mass is 207 g/mol. The summed E-state index contributed by atoms with van der Waals surface area (Å²) in [6.07, 6.45) is 2.07. The van der Waals surface area contributed by atoms with Crippen LogP contribution >= 0.6 is 0 Å². The van der Waals surface area contributed by atoms with Gasteiger partial charge in [0.2, 0.25) is 10.0 Å². The molecule has 1 aliphatic rings. The molecule has 0 bridgehead atoms. The largest absolute Gasteiger partial charge is 0.377 e. The van der Waals surface area contributed by atoms with Gasteiger partial charge in [0.25, 0.3) is 0 Å². The van der Waals surface area contributed by atoms with Gasteiger partial charge in [-0.25, -0.2) is 13.1 Å². The second-order valence-electron chi connectivity index (χ2n) is 3.58. The fourth-order valence-corrected chi connectivity index (χ4v) is 1.93. The van der Waals surface area contributed by atoms with E-state index in [0.29, 0.717) is 6.54 Å². The second-order valence-corrected chi connectivity index (χ2v) is 5.90. The van der Waals surface area contributed by atoms with Gasteiger partial charge in [-0.1, -0.05) is 0 Å². The van der Waals surface area contributed by atoms with Crippen LogP contribution in [0.1, 0.15) is 26.7 Å². The molecule has 5 heteroatoms. The van der Waals surface area contributed by atoms with Crippen molar-refractivity contribution >= 4 is 10.0 Å². The highest BCUT2D eigenvalue weighted by molar-refractivity contribution is 7.90. The third-order valence-corrected chi connectivity index (χ3v) is 3.97. The molecule has 0 radical (unpaired) electrons. The number of ether oxygens (including phenoxy) is 1. The normalized spacial score (nSPS) is 24.1. The van der Waals surface area contributed by atoms with Crippen LogP contribution in [0.4, 0.5) is 0 Å². The molecule has 13 heavy (non-hydrogen) atoms. The zero-order chi connectivity index (χ0) is 9.90. The summed E-state index contributed by atoms with van der Waals surface area (Å²) in [7, 11) is -3.12. The van der Waals surface area contributed by atoms with E-state index in [9.17, 15) is 8.42 Å². The Hall–Kier alpha value is -0.130. The summed E-state index contributed by atoms with van der Waals surface area (Å²) in [5.74, 6) is 0. The number of nitrogens with one attached hydrogen (secondary N) is 1. The fraction of sp³-hybridized carbons (Fsp3) is 1.00. The molecule has 0 aromatic heterocycles. The van der Waals surface area contributed by atoms with Crippen LogP contribution in [0.5, 0.6) is 0 Å². The summed E-state index contributed by atoms with van der Waals surface area (Å²) in [5, 5.41) is -0.367. The smallest absolute Gasteiger partial charge is 0.214 e. The maximum atomic E-state index is 11.3. The molecule has 1 saturated heterocycles. The maximum absolute atomic E-state index is 11.3. The van der Waals surface area contributed by atoms with Crippen LogP contribution in [0.3, 0.4) is 0 Å². The summed E-state index contributed by atoms with van der Waals surface area (Å²) < 4.78 is 30.5. The first kappa shape index (κ1) is 10.9. The summed E-state index contributed by atoms with van der Waals surface area (Å²) >= 11 is 0. The van der Waals surface area contributed by atoms with E-state index in [1.165, 1.54) is 0 Å². The molecule has 1 N–H and O–H groups in total. The minimum Gasteiger partial charge on any atom is -0.377 e. The molecule has 0 aromatic carbocycles. The van der Waals surface area contributed by atoms with Crippen molar-refractivity contribution < 1.29 is 13.2 Å². The molecule has 1 rings (SSSR count). The highest BCUT2D eigenvalue weighted by atomic mass is 32.2. The van der Waals surface area contributed by atoms with Crippen molar-refractivity contribution in [1.29, 1.82) is 0 Å². The van der Waals surface area contributed by atoms with Gasteiger partial charge in [-0.15, -0.1) is 0 Å². The molecule has 1 aliphatic heterocycles. The van der Waals surface area contributed by atoms with Crippen LogP contribution < -0.4 is 4.72 Å². The lowest BCUT2D eigenvalue weighted by atomic mass is 10.2. The Morgan fingerprint density at radius 3 is 2.69 bits per heavy atom.